The normalized spacial score (nSPS) is 9.94. The van der Waals surface area contributed by atoms with Crippen LogP contribution in [0.15, 0.2) is 40.6 Å². The van der Waals surface area contributed by atoms with Crippen LogP contribution < -0.4 is 0 Å². The predicted octanol–water partition coefficient (Wildman–Crippen LogP) is 3.46. The molecule has 0 saturated carbocycles. The Morgan fingerprint density at radius 2 is 2.00 bits per heavy atom. The molecule has 0 atom stereocenters. The van der Waals surface area contributed by atoms with E-state index in [2.05, 4.69) is 16.0 Å². The Morgan fingerprint density at radius 3 is 2.65 bits per heavy atom. The molecule has 1 heterocycles. The van der Waals surface area contributed by atoms with Gasteiger partial charge in [0.2, 0.25) is 0 Å². The molecule has 0 aliphatic carbocycles. The highest BCUT2D eigenvalue weighted by atomic mass is 35.5. The van der Waals surface area contributed by atoms with Crippen LogP contribution in [-0.4, -0.2) is 9.97 Å². The first-order chi connectivity index (χ1) is 8.19. The summed E-state index contributed by atoms with van der Waals surface area (Å²) in [6, 6.07) is 7.29. The number of hydrogen-bond donors (Lipinski definition) is 0. The molecule has 3 nitrogen and oxygen atoms in total. The lowest BCUT2D eigenvalue weighted by atomic mass is 10.2. The zero-order chi connectivity index (χ0) is 12.3. The number of hydrogen-bond acceptors (Lipinski definition) is 4. The van der Waals surface area contributed by atoms with Crippen LogP contribution >= 0.6 is 23.4 Å². The zero-order valence-corrected chi connectivity index (χ0v) is 10.6. The molecule has 0 amide bonds. The van der Waals surface area contributed by atoms with E-state index in [-0.39, 0.29) is 0 Å². The third-order valence-electron chi connectivity index (χ3n) is 2.02. The quantitative estimate of drug-likeness (QED) is 0.777. The summed E-state index contributed by atoms with van der Waals surface area (Å²) in [5, 5.41) is 10.2. The first kappa shape index (κ1) is 11.9. The van der Waals surface area contributed by atoms with E-state index in [1.54, 1.807) is 30.6 Å². The van der Waals surface area contributed by atoms with E-state index in [9.17, 15) is 0 Å². The predicted molar refractivity (Wildman–Crippen MR) is 67.1 cm³/mol. The summed E-state index contributed by atoms with van der Waals surface area (Å²) >= 11 is 7.18. The van der Waals surface area contributed by atoms with Gasteiger partial charge in [-0.1, -0.05) is 11.6 Å². The van der Waals surface area contributed by atoms with Gasteiger partial charge in [0, 0.05) is 22.3 Å². The molecule has 0 spiro atoms. The van der Waals surface area contributed by atoms with Gasteiger partial charge >= 0.3 is 0 Å². The largest absolute Gasteiger partial charge is 0.231 e. The van der Waals surface area contributed by atoms with Crippen LogP contribution in [0, 0.1) is 18.3 Å². The molecule has 0 N–H and O–H groups in total. The molecule has 84 valence electrons. The van der Waals surface area contributed by atoms with Gasteiger partial charge in [-0.05, 0) is 42.4 Å². The zero-order valence-electron chi connectivity index (χ0n) is 9.01. The fourth-order valence-corrected chi connectivity index (χ4v) is 2.14. The minimum absolute atomic E-state index is 0.534. The number of aryl methyl sites for hydroxylation is 1. The van der Waals surface area contributed by atoms with Gasteiger partial charge < -0.3 is 0 Å². The average Bonchev–Trinajstić information content (AvgIpc) is 2.34. The van der Waals surface area contributed by atoms with Crippen LogP contribution in [0.1, 0.15) is 11.1 Å². The summed E-state index contributed by atoms with van der Waals surface area (Å²) in [7, 11) is 0. The Balaban J connectivity index is 2.30. The van der Waals surface area contributed by atoms with E-state index in [0.717, 1.165) is 10.5 Å². The lowest BCUT2D eigenvalue weighted by Crippen LogP contribution is -1.88. The number of aromatic nitrogens is 2. The fraction of sp³-hybridized carbons (Fsp3) is 0.0833. The number of nitriles is 1. The minimum Gasteiger partial charge on any atom is -0.231 e. The molecule has 0 fully saturated rings. The highest BCUT2D eigenvalue weighted by Crippen LogP contribution is 2.29. The first-order valence-corrected chi connectivity index (χ1v) is 6.04. The van der Waals surface area contributed by atoms with Crippen LogP contribution in [0.25, 0.3) is 0 Å². The smallest absolute Gasteiger partial charge is 0.192 e. The fourth-order valence-electron chi connectivity index (χ4n) is 1.21. The lowest BCUT2D eigenvalue weighted by Gasteiger charge is -2.02. The van der Waals surface area contributed by atoms with Crippen molar-refractivity contribution in [2.24, 2.45) is 0 Å². The van der Waals surface area contributed by atoms with Gasteiger partial charge in [0.05, 0.1) is 5.56 Å². The molecule has 2 aromatic rings. The monoisotopic (exact) mass is 261 g/mol. The van der Waals surface area contributed by atoms with Crippen molar-refractivity contribution < 1.29 is 0 Å². The van der Waals surface area contributed by atoms with E-state index in [0.29, 0.717) is 15.7 Å². The van der Waals surface area contributed by atoms with Gasteiger partial charge in [0.25, 0.3) is 0 Å². The summed E-state index contributed by atoms with van der Waals surface area (Å²) in [5.41, 5.74) is 1.54. The third kappa shape index (κ3) is 2.96. The molecular weight excluding hydrogens is 254 g/mol. The maximum absolute atomic E-state index is 9.00. The van der Waals surface area contributed by atoms with Gasteiger partial charge in [-0.3, -0.25) is 0 Å². The lowest BCUT2D eigenvalue weighted by molar-refractivity contribution is 0.950. The second-order valence-electron chi connectivity index (χ2n) is 3.40. The van der Waals surface area contributed by atoms with E-state index < -0.39 is 0 Å². The Hall–Kier alpha value is -1.57. The molecule has 0 radical (unpaired) electrons. The molecule has 0 saturated heterocycles. The van der Waals surface area contributed by atoms with Crippen LogP contribution in [0.5, 0.6) is 0 Å². The van der Waals surface area contributed by atoms with E-state index in [4.69, 9.17) is 16.9 Å². The van der Waals surface area contributed by atoms with Crippen molar-refractivity contribution in [1.82, 2.24) is 9.97 Å². The van der Waals surface area contributed by atoms with E-state index in [1.807, 2.05) is 6.92 Å². The Kier molecular flexibility index (Phi) is 3.62. The van der Waals surface area contributed by atoms with Gasteiger partial charge in [-0.25, -0.2) is 9.97 Å². The molecule has 1 aromatic carbocycles. The van der Waals surface area contributed by atoms with Crippen molar-refractivity contribution in [2.45, 2.75) is 17.0 Å². The summed E-state index contributed by atoms with van der Waals surface area (Å²) in [6.45, 7) is 1.93. The van der Waals surface area contributed by atoms with Crippen molar-refractivity contribution >= 4 is 23.4 Å². The van der Waals surface area contributed by atoms with Crippen molar-refractivity contribution in [2.75, 3.05) is 0 Å². The average molecular weight is 262 g/mol. The molecule has 0 bridgehead atoms. The Bertz CT molecular complexity index is 575. The molecule has 5 heteroatoms. The molecule has 0 aliphatic heterocycles. The van der Waals surface area contributed by atoms with Gasteiger partial charge in [0.15, 0.2) is 5.16 Å². The number of halogens is 1. The van der Waals surface area contributed by atoms with Crippen LogP contribution in [0.3, 0.4) is 0 Å². The van der Waals surface area contributed by atoms with Crippen LogP contribution in [-0.2, 0) is 0 Å². The Labute approximate surface area is 108 Å². The van der Waals surface area contributed by atoms with E-state index >= 15 is 0 Å². The van der Waals surface area contributed by atoms with Crippen molar-refractivity contribution in [1.29, 1.82) is 5.26 Å². The second-order valence-corrected chi connectivity index (χ2v) is 4.84. The SMILES string of the molecule is Cc1cnc(Sc2ccc(Cl)cc2C#N)nc1. The molecule has 0 aliphatic rings. The van der Waals surface area contributed by atoms with Crippen molar-refractivity contribution in [3.63, 3.8) is 0 Å². The summed E-state index contributed by atoms with van der Waals surface area (Å²) in [5.74, 6) is 0. The molecule has 2 rings (SSSR count). The van der Waals surface area contributed by atoms with Crippen LogP contribution in [0.2, 0.25) is 5.02 Å². The summed E-state index contributed by atoms with van der Waals surface area (Å²) in [4.78, 5) is 9.17. The molecule has 1 aromatic heterocycles. The highest BCUT2D eigenvalue weighted by molar-refractivity contribution is 7.99. The van der Waals surface area contributed by atoms with Gasteiger partial charge in [0.1, 0.15) is 6.07 Å². The second kappa shape index (κ2) is 5.17. The van der Waals surface area contributed by atoms with Crippen molar-refractivity contribution in [3.05, 3.63) is 46.7 Å². The standard InChI is InChI=1S/C12H8ClN3S/c1-8-6-15-12(16-7-8)17-11-3-2-10(13)4-9(11)5-14/h2-4,6-7H,1H3. The molecule has 0 unspecified atom stereocenters. The highest BCUT2D eigenvalue weighted by Gasteiger charge is 2.06. The molecule has 17 heavy (non-hydrogen) atoms. The number of rotatable bonds is 2. The minimum atomic E-state index is 0.534. The Morgan fingerprint density at radius 1 is 1.29 bits per heavy atom. The number of nitrogens with zero attached hydrogens (tertiary/aromatic N) is 3. The van der Waals surface area contributed by atoms with Crippen LogP contribution in [0.4, 0.5) is 0 Å². The topological polar surface area (TPSA) is 49.6 Å². The summed E-state index contributed by atoms with van der Waals surface area (Å²) in [6.07, 6.45) is 3.49. The maximum atomic E-state index is 9.00. The number of benzene rings is 1. The molecular formula is C12H8ClN3S. The summed E-state index contributed by atoms with van der Waals surface area (Å²) < 4.78 is 0. The van der Waals surface area contributed by atoms with Gasteiger partial charge in [-0.15, -0.1) is 0 Å². The van der Waals surface area contributed by atoms with Gasteiger partial charge in [-0.2, -0.15) is 5.26 Å². The van der Waals surface area contributed by atoms with E-state index in [1.165, 1.54) is 11.8 Å². The maximum Gasteiger partial charge on any atom is 0.192 e. The van der Waals surface area contributed by atoms with Crippen molar-refractivity contribution in [3.8, 4) is 6.07 Å². The first-order valence-electron chi connectivity index (χ1n) is 4.85. The third-order valence-corrected chi connectivity index (χ3v) is 3.22.